The monoisotopic (exact) mass is 222 g/mol. The molecule has 1 aromatic carbocycles. The van der Waals surface area contributed by atoms with Gasteiger partial charge in [-0.3, -0.25) is 0 Å². The molecule has 1 fully saturated rings. The van der Waals surface area contributed by atoms with Crippen LogP contribution in [0.25, 0.3) is 0 Å². The summed E-state index contributed by atoms with van der Waals surface area (Å²) in [7, 11) is 0. The first kappa shape index (κ1) is 10.1. The Bertz CT molecular complexity index is 401. The summed E-state index contributed by atoms with van der Waals surface area (Å²) in [6, 6.07) is 4.37. The van der Waals surface area contributed by atoms with E-state index in [1.165, 1.54) is 31.4 Å². The molecule has 3 rings (SSSR count). The van der Waals surface area contributed by atoms with Crippen molar-refractivity contribution in [3.05, 3.63) is 29.6 Å². The van der Waals surface area contributed by atoms with Gasteiger partial charge < -0.3 is 9.84 Å². The van der Waals surface area contributed by atoms with E-state index in [0.717, 1.165) is 5.56 Å². The fraction of sp³-hybridized carbons (Fsp3) is 0.538. The van der Waals surface area contributed by atoms with Gasteiger partial charge in [-0.05, 0) is 30.9 Å². The number of hydrogen-bond acceptors (Lipinski definition) is 2. The minimum atomic E-state index is -0.505. The molecule has 0 amide bonds. The third-order valence-electron chi connectivity index (χ3n) is 3.74. The van der Waals surface area contributed by atoms with Crippen LogP contribution < -0.4 is 4.74 Å². The lowest BCUT2D eigenvalue weighted by molar-refractivity contribution is 0.0103. The molecule has 0 bridgehead atoms. The first-order valence-electron chi connectivity index (χ1n) is 5.88. The standard InChI is InChI=1S/C13H15FO2/c14-9-4-5-10-11(15)7-12(8-2-1-3-8)16-13(10)6-9/h4-6,8,11-12,15H,1-3,7H2/t11-,12?/m0/s1. The number of hydrogen-bond donors (Lipinski definition) is 1. The fourth-order valence-corrected chi connectivity index (χ4v) is 2.54. The van der Waals surface area contributed by atoms with E-state index in [-0.39, 0.29) is 11.9 Å². The van der Waals surface area contributed by atoms with Gasteiger partial charge in [0.05, 0.1) is 6.10 Å². The molecule has 0 saturated heterocycles. The molecule has 2 aliphatic rings. The van der Waals surface area contributed by atoms with Gasteiger partial charge >= 0.3 is 0 Å². The topological polar surface area (TPSA) is 29.5 Å². The normalized spacial score (nSPS) is 29.1. The third-order valence-corrected chi connectivity index (χ3v) is 3.74. The van der Waals surface area contributed by atoms with E-state index in [2.05, 4.69) is 0 Å². The van der Waals surface area contributed by atoms with Crippen molar-refractivity contribution in [1.29, 1.82) is 0 Å². The average molecular weight is 222 g/mol. The van der Waals surface area contributed by atoms with Crippen LogP contribution in [0.15, 0.2) is 18.2 Å². The summed E-state index contributed by atoms with van der Waals surface area (Å²) < 4.78 is 18.9. The second-order valence-corrected chi connectivity index (χ2v) is 4.78. The molecule has 86 valence electrons. The maximum Gasteiger partial charge on any atom is 0.128 e. The summed E-state index contributed by atoms with van der Waals surface area (Å²) in [5.74, 6) is 0.766. The second kappa shape index (κ2) is 3.74. The minimum Gasteiger partial charge on any atom is -0.490 e. The Kier molecular flexibility index (Phi) is 2.36. The van der Waals surface area contributed by atoms with Gasteiger partial charge in [0.2, 0.25) is 0 Å². The average Bonchev–Trinajstić information content (AvgIpc) is 2.13. The highest BCUT2D eigenvalue weighted by molar-refractivity contribution is 5.37. The maximum atomic E-state index is 13.1. The van der Waals surface area contributed by atoms with Gasteiger partial charge in [-0.1, -0.05) is 6.42 Å². The van der Waals surface area contributed by atoms with Crippen LogP contribution >= 0.6 is 0 Å². The van der Waals surface area contributed by atoms with Gasteiger partial charge in [-0.2, -0.15) is 0 Å². The van der Waals surface area contributed by atoms with Gasteiger partial charge in [-0.25, -0.2) is 4.39 Å². The summed E-state index contributed by atoms with van der Waals surface area (Å²) in [5.41, 5.74) is 0.719. The molecule has 2 nitrogen and oxygen atoms in total. The Morgan fingerprint density at radius 1 is 1.31 bits per heavy atom. The molecule has 1 aliphatic heterocycles. The predicted octanol–water partition coefficient (Wildman–Crippen LogP) is 2.81. The van der Waals surface area contributed by atoms with E-state index in [9.17, 15) is 9.50 Å². The van der Waals surface area contributed by atoms with Crippen molar-refractivity contribution in [2.24, 2.45) is 5.92 Å². The summed E-state index contributed by atoms with van der Waals surface area (Å²) in [4.78, 5) is 0. The molecule has 3 heteroatoms. The summed E-state index contributed by atoms with van der Waals surface area (Å²) in [6.45, 7) is 0. The number of benzene rings is 1. The molecule has 0 aromatic heterocycles. The molecule has 0 radical (unpaired) electrons. The molecular formula is C13H15FO2. The van der Waals surface area contributed by atoms with Crippen molar-refractivity contribution in [1.82, 2.24) is 0 Å². The van der Waals surface area contributed by atoms with Gasteiger partial charge in [0.15, 0.2) is 0 Å². The Balaban J connectivity index is 1.88. The first-order valence-corrected chi connectivity index (χ1v) is 5.88. The van der Waals surface area contributed by atoms with Crippen LogP contribution in [0.5, 0.6) is 5.75 Å². The minimum absolute atomic E-state index is 0.0676. The van der Waals surface area contributed by atoms with Crippen molar-refractivity contribution < 1.29 is 14.2 Å². The molecule has 1 N–H and O–H groups in total. The maximum absolute atomic E-state index is 13.1. The van der Waals surface area contributed by atoms with Crippen LogP contribution in [0.4, 0.5) is 4.39 Å². The van der Waals surface area contributed by atoms with Crippen molar-refractivity contribution in [2.45, 2.75) is 37.9 Å². The quantitative estimate of drug-likeness (QED) is 0.791. The summed E-state index contributed by atoms with van der Waals surface area (Å²) in [5, 5.41) is 9.99. The Hall–Kier alpha value is -1.09. The van der Waals surface area contributed by atoms with Crippen LogP contribution in [-0.4, -0.2) is 11.2 Å². The number of rotatable bonds is 1. The molecule has 1 aromatic rings. The van der Waals surface area contributed by atoms with Gasteiger partial charge in [0, 0.05) is 18.1 Å². The smallest absolute Gasteiger partial charge is 0.128 e. The van der Waals surface area contributed by atoms with E-state index < -0.39 is 6.10 Å². The van der Waals surface area contributed by atoms with Gasteiger partial charge in [0.1, 0.15) is 17.7 Å². The number of aliphatic hydroxyl groups is 1. The van der Waals surface area contributed by atoms with Crippen LogP contribution in [0, 0.1) is 11.7 Å². The van der Waals surface area contributed by atoms with E-state index >= 15 is 0 Å². The highest BCUT2D eigenvalue weighted by atomic mass is 19.1. The Morgan fingerprint density at radius 2 is 2.12 bits per heavy atom. The largest absolute Gasteiger partial charge is 0.490 e. The summed E-state index contributed by atoms with van der Waals surface area (Å²) >= 11 is 0. The lowest BCUT2D eigenvalue weighted by Crippen LogP contribution is -2.36. The van der Waals surface area contributed by atoms with Crippen molar-refractivity contribution in [3.63, 3.8) is 0 Å². The molecule has 1 saturated carbocycles. The van der Waals surface area contributed by atoms with E-state index in [1.54, 1.807) is 6.07 Å². The lowest BCUT2D eigenvalue weighted by Gasteiger charge is -2.38. The van der Waals surface area contributed by atoms with E-state index in [0.29, 0.717) is 18.1 Å². The first-order chi connectivity index (χ1) is 7.74. The zero-order valence-corrected chi connectivity index (χ0v) is 9.03. The lowest BCUT2D eigenvalue weighted by atomic mass is 9.78. The molecular weight excluding hydrogens is 207 g/mol. The van der Waals surface area contributed by atoms with Gasteiger partial charge in [-0.15, -0.1) is 0 Å². The Labute approximate surface area is 94.0 Å². The highest BCUT2D eigenvalue weighted by Crippen LogP contribution is 2.42. The van der Waals surface area contributed by atoms with Crippen LogP contribution in [-0.2, 0) is 0 Å². The molecule has 1 unspecified atom stereocenters. The van der Waals surface area contributed by atoms with Crippen LogP contribution in [0.1, 0.15) is 37.4 Å². The molecule has 0 spiro atoms. The second-order valence-electron chi connectivity index (χ2n) is 4.78. The van der Waals surface area contributed by atoms with E-state index in [4.69, 9.17) is 4.74 Å². The number of halogens is 1. The van der Waals surface area contributed by atoms with Crippen molar-refractivity contribution >= 4 is 0 Å². The number of ether oxygens (including phenoxy) is 1. The van der Waals surface area contributed by atoms with Crippen molar-refractivity contribution in [2.75, 3.05) is 0 Å². The Morgan fingerprint density at radius 3 is 2.81 bits per heavy atom. The van der Waals surface area contributed by atoms with Crippen molar-refractivity contribution in [3.8, 4) is 5.75 Å². The zero-order valence-electron chi connectivity index (χ0n) is 9.03. The fourth-order valence-electron chi connectivity index (χ4n) is 2.54. The molecule has 1 heterocycles. The highest BCUT2D eigenvalue weighted by Gasteiger charge is 2.35. The van der Waals surface area contributed by atoms with E-state index in [1.807, 2.05) is 0 Å². The molecule has 16 heavy (non-hydrogen) atoms. The summed E-state index contributed by atoms with van der Waals surface area (Å²) in [6.07, 6.45) is 3.79. The third kappa shape index (κ3) is 1.59. The van der Waals surface area contributed by atoms with Gasteiger partial charge in [0.25, 0.3) is 0 Å². The molecule has 1 aliphatic carbocycles. The SMILES string of the molecule is O[C@H]1CC(C2CCC2)Oc2cc(F)ccc21. The molecule has 2 atom stereocenters. The number of aliphatic hydroxyl groups excluding tert-OH is 1. The number of fused-ring (bicyclic) bond motifs is 1. The zero-order chi connectivity index (χ0) is 11.1. The van der Waals surface area contributed by atoms with Crippen LogP contribution in [0.2, 0.25) is 0 Å². The van der Waals surface area contributed by atoms with Crippen LogP contribution in [0.3, 0.4) is 0 Å². The predicted molar refractivity (Wildman–Crippen MR) is 57.7 cm³/mol.